The van der Waals surface area contributed by atoms with Gasteiger partial charge >= 0.3 is 0 Å². The van der Waals surface area contributed by atoms with Crippen molar-refractivity contribution < 1.29 is 5.11 Å². The molecular weight excluding hydrogens is 304 g/mol. The van der Waals surface area contributed by atoms with Crippen LogP contribution in [0.15, 0.2) is 41.3 Å². The summed E-state index contributed by atoms with van der Waals surface area (Å²) in [7, 11) is 0. The third-order valence-electron chi connectivity index (χ3n) is 2.52. The number of nitrogens with zero attached hydrogens (tertiary/aromatic N) is 2. The topological polar surface area (TPSA) is 46.0 Å². The molecule has 1 aromatic carbocycles. The van der Waals surface area contributed by atoms with Gasteiger partial charge in [-0.05, 0) is 19.1 Å². The fourth-order valence-electron chi connectivity index (χ4n) is 1.57. The molecule has 0 aliphatic carbocycles. The van der Waals surface area contributed by atoms with Crippen molar-refractivity contribution in [2.75, 3.05) is 0 Å². The molecule has 5 heteroatoms. The van der Waals surface area contributed by atoms with Gasteiger partial charge in [0.2, 0.25) is 0 Å². The summed E-state index contributed by atoms with van der Waals surface area (Å²) in [5.74, 6) is 0. The normalized spacial score (nSPS) is 14.4. The Balaban J connectivity index is 2.52. The molecule has 0 saturated carbocycles. The molecular formula is C12H10BrClN2O. The maximum absolute atomic E-state index is 10.5. The van der Waals surface area contributed by atoms with Gasteiger partial charge in [-0.15, -0.1) is 0 Å². The Morgan fingerprint density at radius 3 is 2.71 bits per heavy atom. The van der Waals surface area contributed by atoms with Crippen molar-refractivity contribution in [1.29, 1.82) is 0 Å². The van der Waals surface area contributed by atoms with E-state index in [4.69, 9.17) is 11.6 Å². The van der Waals surface area contributed by atoms with Gasteiger partial charge in [-0.3, -0.25) is 9.97 Å². The van der Waals surface area contributed by atoms with Gasteiger partial charge in [-0.2, -0.15) is 0 Å². The predicted octanol–water partition coefficient (Wildman–Crippen LogP) is 3.15. The fraction of sp³-hybridized carbons (Fsp3) is 0.167. The zero-order valence-electron chi connectivity index (χ0n) is 9.06. The van der Waals surface area contributed by atoms with E-state index in [0.717, 1.165) is 4.47 Å². The van der Waals surface area contributed by atoms with Gasteiger partial charge in [0.1, 0.15) is 5.60 Å². The predicted molar refractivity (Wildman–Crippen MR) is 69.9 cm³/mol. The Labute approximate surface area is 113 Å². The molecule has 1 unspecified atom stereocenters. The zero-order chi connectivity index (χ0) is 12.5. The van der Waals surface area contributed by atoms with Crippen LogP contribution in [0, 0.1) is 0 Å². The van der Waals surface area contributed by atoms with Crippen molar-refractivity contribution in [2.45, 2.75) is 12.5 Å². The average molecular weight is 314 g/mol. The molecule has 0 aliphatic heterocycles. The SMILES string of the molecule is CC(O)(c1cnccn1)c1ccc(Br)cc1Cl. The van der Waals surface area contributed by atoms with E-state index in [0.29, 0.717) is 16.3 Å². The average Bonchev–Trinajstić information content (AvgIpc) is 2.29. The molecule has 1 atom stereocenters. The van der Waals surface area contributed by atoms with Gasteiger partial charge in [-0.1, -0.05) is 33.6 Å². The Morgan fingerprint density at radius 2 is 2.12 bits per heavy atom. The molecule has 2 aromatic rings. The number of rotatable bonds is 2. The second kappa shape index (κ2) is 4.72. The molecule has 88 valence electrons. The van der Waals surface area contributed by atoms with Crippen LogP contribution in [0.4, 0.5) is 0 Å². The summed E-state index contributed by atoms with van der Waals surface area (Å²) >= 11 is 9.45. The molecule has 2 rings (SSSR count). The van der Waals surface area contributed by atoms with Gasteiger partial charge in [0.05, 0.1) is 11.9 Å². The lowest BCUT2D eigenvalue weighted by atomic mass is 9.93. The molecule has 1 N–H and O–H groups in total. The van der Waals surface area contributed by atoms with Crippen molar-refractivity contribution in [3.63, 3.8) is 0 Å². The summed E-state index contributed by atoms with van der Waals surface area (Å²) in [5, 5.41) is 11.0. The lowest BCUT2D eigenvalue weighted by Crippen LogP contribution is -2.24. The number of hydrogen-bond donors (Lipinski definition) is 1. The summed E-state index contributed by atoms with van der Waals surface area (Å²) in [6.07, 6.45) is 4.62. The Bertz CT molecular complexity index is 531. The van der Waals surface area contributed by atoms with Crippen molar-refractivity contribution in [2.24, 2.45) is 0 Å². The first kappa shape index (κ1) is 12.5. The van der Waals surface area contributed by atoms with E-state index in [2.05, 4.69) is 25.9 Å². The summed E-state index contributed by atoms with van der Waals surface area (Å²) in [6.45, 7) is 1.64. The van der Waals surface area contributed by atoms with Crippen LogP contribution in [0.2, 0.25) is 5.02 Å². The standard InChI is InChI=1S/C12H10BrClN2O/c1-12(17,11-7-15-4-5-16-11)9-3-2-8(13)6-10(9)14/h2-7,17H,1H3. The maximum atomic E-state index is 10.5. The number of halogens is 2. The third kappa shape index (κ3) is 2.49. The van der Waals surface area contributed by atoms with Crippen LogP contribution in [0.25, 0.3) is 0 Å². The van der Waals surface area contributed by atoms with Gasteiger partial charge < -0.3 is 5.11 Å². The minimum absolute atomic E-state index is 0.462. The van der Waals surface area contributed by atoms with Crippen molar-refractivity contribution in [3.05, 3.63) is 57.5 Å². The second-order valence-corrected chi connectivity index (χ2v) is 5.11. The van der Waals surface area contributed by atoms with Crippen LogP contribution >= 0.6 is 27.5 Å². The molecule has 0 saturated heterocycles. The fourth-order valence-corrected chi connectivity index (χ4v) is 2.43. The molecule has 0 bridgehead atoms. The Kier molecular flexibility index (Phi) is 3.47. The number of aliphatic hydroxyl groups is 1. The van der Waals surface area contributed by atoms with Crippen molar-refractivity contribution in [1.82, 2.24) is 9.97 Å². The molecule has 0 aliphatic rings. The molecule has 17 heavy (non-hydrogen) atoms. The lowest BCUT2D eigenvalue weighted by Gasteiger charge is -2.24. The minimum atomic E-state index is -1.26. The number of benzene rings is 1. The summed E-state index contributed by atoms with van der Waals surface area (Å²) in [6, 6.07) is 5.33. The highest BCUT2D eigenvalue weighted by Gasteiger charge is 2.29. The highest BCUT2D eigenvalue weighted by Crippen LogP contribution is 2.33. The summed E-state index contributed by atoms with van der Waals surface area (Å²) in [5.41, 5.74) is -0.196. The van der Waals surface area contributed by atoms with E-state index in [9.17, 15) is 5.11 Å². The second-order valence-electron chi connectivity index (χ2n) is 3.79. The van der Waals surface area contributed by atoms with Gasteiger partial charge in [0.25, 0.3) is 0 Å². The van der Waals surface area contributed by atoms with Crippen molar-refractivity contribution in [3.8, 4) is 0 Å². The summed E-state index contributed by atoms with van der Waals surface area (Å²) < 4.78 is 0.862. The molecule has 0 fully saturated rings. The van der Waals surface area contributed by atoms with Crippen LogP contribution in [0.1, 0.15) is 18.2 Å². The number of hydrogen-bond acceptors (Lipinski definition) is 3. The van der Waals surface area contributed by atoms with Gasteiger partial charge in [0.15, 0.2) is 0 Å². The van der Waals surface area contributed by atoms with Crippen LogP contribution in [-0.4, -0.2) is 15.1 Å². The first-order chi connectivity index (χ1) is 8.01. The lowest BCUT2D eigenvalue weighted by molar-refractivity contribution is 0.0970. The molecule has 1 heterocycles. The van der Waals surface area contributed by atoms with Crippen LogP contribution < -0.4 is 0 Å². The first-order valence-electron chi connectivity index (χ1n) is 4.96. The first-order valence-corrected chi connectivity index (χ1v) is 6.13. The minimum Gasteiger partial charge on any atom is -0.379 e. The molecule has 0 spiro atoms. The van der Waals surface area contributed by atoms with Gasteiger partial charge in [-0.25, -0.2) is 0 Å². The van der Waals surface area contributed by atoms with E-state index in [-0.39, 0.29) is 0 Å². The molecule has 0 radical (unpaired) electrons. The zero-order valence-corrected chi connectivity index (χ0v) is 11.4. The molecule has 3 nitrogen and oxygen atoms in total. The largest absolute Gasteiger partial charge is 0.379 e. The van der Waals surface area contributed by atoms with Crippen LogP contribution in [0.3, 0.4) is 0 Å². The van der Waals surface area contributed by atoms with Crippen LogP contribution in [-0.2, 0) is 5.60 Å². The smallest absolute Gasteiger partial charge is 0.132 e. The van der Waals surface area contributed by atoms with E-state index in [1.165, 1.54) is 12.4 Å². The van der Waals surface area contributed by atoms with Crippen molar-refractivity contribution >= 4 is 27.5 Å². The Hall–Kier alpha value is -0.970. The van der Waals surface area contributed by atoms with E-state index >= 15 is 0 Å². The Morgan fingerprint density at radius 1 is 1.35 bits per heavy atom. The quantitative estimate of drug-likeness (QED) is 0.926. The summed E-state index contributed by atoms with van der Waals surface area (Å²) in [4.78, 5) is 8.06. The van der Waals surface area contributed by atoms with E-state index in [1.807, 2.05) is 6.07 Å². The third-order valence-corrected chi connectivity index (χ3v) is 3.32. The van der Waals surface area contributed by atoms with Gasteiger partial charge in [0, 0.05) is 27.5 Å². The highest BCUT2D eigenvalue weighted by atomic mass is 79.9. The maximum Gasteiger partial charge on any atom is 0.132 e. The van der Waals surface area contributed by atoms with Crippen LogP contribution in [0.5, 0.6) is 0 Å². The van der Waals surface area contributed by atoms with E-state index < -0.39 is 5.60 Å². The molecule has 0 amide bonds. The monoisotopic (exact) mass is 312 g/mol. The highest BCUT2D eigenvalue weighted by molar-refractivity contribution is 9.10. The number of aromatic nitrogens is 2. The molecule has 1 aromatic heterocycles. The van der Waals surface area contributed by atoms with E-state index in [1.54, 1.807) is 25.3 Å².